The van der Waals surface area contributed by atoms with Gasteiger partial charge in [-0.15, -0.1) is 0 Å². The van der Waals surface area contributed by atoms with E-state index in [9.17, 15) is 9.90 Å². The number of rotatable bonds is 3. The first-order chi connectivity index (χ1) is 12.2. The van der Waals surface area contributed by atoms with Gasteiger partial charge in [-0.1, -0.05) is 66.7 Å². The number of hydrogen-bond donors (Lipinski definition) is 1. The highest BCUT2D eigenvalue weighted by molar-refractivity contribution is 6.03. The number of carboxylic acid groups (broad SMARTS) is 1. The average Bonchev–Trinajstić information content (AvgIpc) is 2.65. The Morgan fingerprint density at radius 1 is 0.840 bits per heavy atom. The van der Waals surface area contributed by atoms with Crippen molar-refractivity contribution in [3.05, 3.63) is 89.6 Å². The van der Waals surface area contributed by atoms with Gasteiger partial charge in [0.1, 0.15) is 0 Å². The molecule has 4 rings (SSSR count). The van der Waals surface area contributed by atoms with Gasteiger partial charge in [-0.2, -0.15) is 0 Å². The maximum Gasteiger partial charge on any atom is 0.336 e. The zero-order chi connectivity index (χ0) is 17.2. The van der Waals surface area contributed by atoms with Gasteiger partial charge in [0.25, 0.3) is 0 Å². The van der Waals surface area contributed by atoms with Crippen LogP contribution in [0.2, 0.25) is 0 Å². The Hall–Kier alpha value is -3.46. The number of pyridine rings is 1. The first-order valence-corrected chi connectivity index (χ1v) is 8.01. The van der Waals surface area contributed by atoms with Crippen LogP contribution in [0, 0.1) is 0 Å². The Labute approximate surface area is 144 Å². The topological polar surface area (TPSA) is 50.2 Å². The Morgan fingerprint density at radius 3 is 2.40 bits per heavy atom. The fourth-order valence-electron chi connectivity index (χ4n) is 3.03. The van der Waals surface area contributed by atoms with Crippen LogP contribution in [0.1, 0.15) is 21.6 Å². The fraction of sp³-hybridized carbons (Fsp3) is 0. The van der Waals surface area contributed by atoms with E-state index in [1.807, 2.05) is 54.6 Å². The molecule has 0 unspecified atom stereocenters. The minimum Gasteiger partial charge on any atom is -0.478 e. The zero-order valence-corrected chi connectivity index (χ0v) is 13.4. The molecule has 1 aromatic heterocycles. The van der Waals surface area contributed by atoms with Crippen molar-refractivity contribution in [1.29, 1.82) is 0 Å². The average molecular weight is 325 g/mol. The summed E-state index contributed by atoms with van der Waals surface area (Å²) < 4.78 is 0. The van der Waals surface area contributed by atoms with Crippen LogP contribution in [0.25, 0.3) is 33.8 Å². The van der Waals surface area contributed by atoms with Crippen LogP contribution in [0.3, 0.4) is 0 Å². The van der Waals surface area contributed by atoms with Gasteiger partial charge in [0, 0.05) is 5.39 Å². The van der Waals surface area contributed by atoms with Gasteiger partial charge >= 0.3 is 5.97 Å². The number of aromatic nitrogens is 1. The molecule has 0 spiro atoms. The van der Waals surface area contributed by atoms with Crippen LogP contribution >= 0.6 is 0 Å². The number of aromatic carboxylic acids is 1. The molecule has 0 radical (unpaired) electrons. The fourth-order valence-corrected chi connectivity index (χ4v) is 3.03. The molecule has 0 bridgehead atoms. The number of nitrogens with zero attached hydrogens (tertiary/aromatic N) is 1. The van der Waals surface area contributed by atoms with Gasteiger partial charge in [-0.3, -0.25) is 0 Å². The number of para-hydroxylation sites is 1. The second kappa shape index (κ2) is 6.21. The zero-order valence-electron chi connectivity index (χ0n) is 13.4. The SMILES string of the molecule is O=C(O)c1cc(C=Cc2cccc3ccccc23)nc2ccccc12. The lowest BCUT2D eigenvalue weighted by atomic mass is 10.0. The van der Waals surface area contributed by atoms with Gasteiger partial charge in [0.05, 0.1) is 16.8 Å². The first kappa shape index (κ1) is 15.1. The van der Waals surface area contributed by atoms with Gasteiger partial charge in [-0.05, 0) is 34.5 Å². The largest absolute Gasteiger partial charge is 0.478 e. The van der Waals surface area contributed by atoms with Crippen molar-refractivity contribution in [1.82, 2.24) is 4.98 Å². The summed E-state index contributed by atoms with van der Waals surface area (Å²) in [5.41, 5.74) is 2.65. The number of hydrogen-bond acceptors (Lipinski definition) is 2. The number of carbonyl (C=O) groups is 1. The number of carboxylic acids is 1. The normalized spacial score (nSPS) is 11.4. The molecule has 4 aromatic rings. The molecule has 0 aliphatic rings. The second-order valence-electron chi connectivity index (χ2n) is 5.82. The number of fused-ring (bicyclic) bond motifs is 2. The summed E-state index contributed by atoms with van der Waals surface area (Å²) in [6, 6.07) is 23.2. The van der Waals surface area contributed by atoms with E-state index in [2.05, 4.69) is 23.2 Å². The predicted molar refractivity (Wildman–Crippen MR) is 102 cm³/mol. The Bertz CT molecular complexity index is 1120. The van der Waals surface area contributed by atoms with Crippen LogP contribution in [-0.2, 0) is 0 Å². The molecule has 3 aromatic carbocycles. The maximum atomic E-state index is 11.6. The van der Waals surface area contributed by atoms with Crippen LogP contribution in [0.5, 0.6) is 0 Å². The highest BCUT2D eigenvalue weighted by atomic mass is 16.4. The molecule has 0 saturated heterocycles. The van der Waals surface area contributed by atoms with Crippen molar-refractivity contribution >= 4 is 39.8 Å². The minimum atomic E-state index is -0.946. The van der Waals surface area contributed by atoms with Crippen molar-refractivity contribution < 1.29 is 9.90 Å². The molecule has 0 fully saturated rings. The summed E-state index contributed by atoms with van der Waals surface area (Å²) in [5, 5.41) is 12.5. The van der Waals surface area contributed by atoms with E-state index < -0.39 is 5.97 Å². The third kappa shape index (κ3) is 2.88. The van der Waals surface area contributed by atoms with Crippen molar-refractivity contribution in [2.45, 2.75) is 0 Å². The summed E-state index contributed by atoms with van der Waals surface area (Å²) >= 11 is 0. The van der Waals surface area contributed by atoms with Crippen LogP contribution in [0.15, 0.2) is 72.8 Å². The molecule has 120 valence electrons. The van der Waals surface area contributed by atoms with Crippen LogP contribution < -0.4 is 0 Å². The Balaban J connectivity index is 1.82. The summed E-state index contributed by atoms with van der Waals surface area (Å²) in [7, 11) is 0. The third-order valence-corrected chi connectivity index (χ3v) is 4.22. The highest BCUT2D eigenvalue weighted by Gasteiger charge is 2.10. The van der Waals surface area contributed by atoms with E-state index in [4.69, 9.17) is 0 Å². The summed E-state index contributed by atoms with van der Waals surface area (Å²) in [6.07, 6.45) is 3.84. The molecule has 25 heavy (non-hydrogen) atoms. The monoisotopic (exact) mass is 325 g/mol. The quantitative estimate of drug-likeness (QED) is 0.559. The molecule has 0 saturated carbocycles. The van der Waals surface area contributed by atoms with Crippen LogP contribution in [0.4, 0.5) is 0 Å². The minimum absolute atomic E-state index is 0.267. The lowest BCUT2D eigenvalue weighted by Gasteiger charge is -2.05. The maximum absolute atomic E-state index is 11.6. The van der Waals surface area contributed by atoms with Crippen molar-refractivity contribution in [2.24, 2.45) is 0 Å². The molecular formula is C22H15NO2. The summed E-state index contributed by atoms with van der Waals surface area (Å²) in [5.74, 6) is -0.946. The lowest BCUT2D eigenvalue weighted by Crippen LogP contribution is -2.00. The van der Waals surface area contributed by atoms with Gasteiger partial charge in [0.2, 0.25) is 0 Å². The van der Waals surface area contributed by atoms with Crippen molar-refractivity contribution in [3.63, 3.8) is 0 Å². The predicted octanol–water partition coefficient (Wildman–Crippen LogP) is 5.26. The first-order valence-electron chi connectivity index (χ1n) is 8.01. The molecule has 0 aliphatic carbocycles. The van der Waals surface area contributed by atoms with E-state index in [0.717, 1.165) is 10.9 Å². The standard InChI is InChI=1S/C22H15NO2/c24-22(25)20-14-17(23-21-11-4-3-10-19(20)21)13-12-16-8-5-7-15-6-1-2-9-18(15)16/h1-14H,(H,24,25). The lowest BCUT2D eigenvalue weighted by molar-refractivity contribution is 0.0699. The summed E-state index contributed by atoms with van der Waals surface area (Å²) in [4.78, 5) is 16.1. The van der Waals surface area contributed by atoms with E-state index in [1.54, 1.807) is 12.1 Å². The smallest absolute Gasteiger partial charge is 0.336 e. The molecule has 1 heterocycles. The van der Waals surface area contributed by atoms with Crippen molar-refractivity contribution in [2.75, 3.05) is 0 Å². The molecule has 3 heteroatoms. The van der Waals surface area contributed by atoms with Crippen molar-refractivity contribution in [3.8, 4) is 0 Å². The van der Waals surface area contributed by atoms with E-state index in [0.29, 0.717) is 16.6 Å². The van der Waals surface area contributed by atoms with E-state index in [1.165, 1.54) is 5.39 Å². The Kier molecular flexibility index (Phi) is 3.75. The van der Waals surface area contributed by atoms with Gasteiger partial charge < -0.3 is 5.11 Å². The van der Waals surface area contributed by atoms with Gasteiger partial charge in [-0.25, -0.2) is 9.78 Å². The molecule has 0 aliphatic heterocycles. The molecule has 0 amide bonds. The highest BCUT2D eigenvalue weighted by Crippen LogP contribution is 2.22. The van der Waals surface area contributed by atoms with Crippen LogP contribution in [-0.4, -0.2) is 16.1 Å². The molecular weight excluding hydrogens is 310 g/mol. The third-order valence-electron chi connectivity index (χ3n) is 4.22. The summed E-state index contributed by atoms with van der Waals surface area (Å²) in [6.45, 7) is 0. The number of benzene rings is 3. The van der Waals surface area contributed by atoms with Gasteiger partial charge in [0.15, 0.2) is 0 Å². The molecule has 0 atom stereocenters. The van der Waals surface area contributed by atoms with E-state index >= 15 is 0 Å². The molecule has 1 N–H and O–H groups in total. The second-order valence-corrected chi connectivity index (χ2v) is 5.82. The molecule has 3 nitrogen and oxygen atoms in total. The Morgan fingerprint density at radius 2 is 1.56 bits per heavy atom. The van der Waals surface area contributed by atoms with E-state index in [-0.39, 0.29) is 5.56 Å².